The van der Waals surface area contributed by atoms with Gasteiger partial charge in [-0.25, -0.2) is 0 Å². The Hall–Kier alpha value is 0.240. The van der Waals surface area contributed by atoms with E-state index in [9.17, 15) is 0 Å². The summed E-state index contributed by atoms with van der Waals surface area (Å²) in [5.74, 6) is 3.77. The van der Waals surface area contributed by atoms with Crippen LogP contribution in [0.1, 0.15) is 20.8 Å². The molecule has 0 aromatic rings. The molecule has 0 spiro atoms. The quantitative estimate of drug-likeness (QED) is 0.673. The molecule has 1 unspecified atom stereocenters. The molecule has 3 heteroatoms. The Bertz CT molecular complexity index is 179. The average Bonchev–Trinajstić information content (AvgIpc) is 2.04. The number of thioether (sulfide) groups is 2. The van der Waals surface area contributed by atoms with Crippen LogP contribution < -0.4 is 0 Å². The van der Waals surface area contributed by atoms with Crippen molar-refractivity contribution >= 4 is 23.5 Å². The van der Waals surface area contributed by atoms with Crippen LogP contribution in [0.3, 0.4) is 0 Å². The molecule has 0 saturated carbocycles. The van der Waals surface area contributed by atoms with E-state index in [0.29, 0.717) is 4.75 Å². The van der Waals surface area contributed by atoms with Gasteiger partial charge in [0.1, 0.15) is 6.61 Å². The van der Waals surface area contributed by atoms with Gasteiger partial charge in [0.15, 0.2) is 0 Å². The van der Waals surface area contributed by atoms with Crippen LogP contribution in [-0.4, -0.2) is 28.6 Å². The molecule has 1 fully saturated rings. The number of rotatable bonds is 3. The van der Waals surface area contributed by atoms with Crippen LogP contribution >= 0.6 is 23.5 Å². The molecule has 13 heavy (non-hydrogen) atoms. The van der Waals surface area contributed by atoms with E-state index >= 15 is 0 Å². The number of allylic oxidation sites excluding steroid dienone is 1. The van der Waals surface area contributed by atoms with Crippen LogP contribution in [0.15, 0.2) is 11.8 Å². The van der Waals surface area contributed by atoms with Crippen LogP contribution in [0.25, 0.3) is 0 Å². The van der Waals surface area contributed by atoms with E-state index < -0.39 is 0 Å². The van der Waals surface area contributed by atoms with E-state index in [1.165, 1.54) is 22.8 Å². The predicted octanol–water partition coefficient (Wildman–Crippen LogP) is 3.17. The Morgan fingerprint density at radius 1 is 1.46 bits per heavy atom. The van der Waals surface area contributed by atoms with Crippen molar-refractivity contribution in [3.63, 3.8) is 0 Å². The molecule has 1 rings (SSSR count). The van der Waals surface area contributed by atoms with Crippen molar-refractivity contribution in [1.29, 1.82) is 0 Å². The molecule has 0 amide bonds. The highest BCUT2D eigenvalue weighted by Gasteiger charge is 2.28. The fraction of sp³-hybridized carbons (Fsp3) is 0.800. The summed E-state index contributed by atoms with van der Waals surface area (Å²) in [7, 11) is 0. The van der Waals surface area contributed by atoms with Gasteiger partial charge in [0.05, 0.1) is 11.0 Å². The van der Waals surface area contributed by atoms with Gasteiger partial charge in [0.25, 0.3) is 0 Å². The largest absolute Gasteiger partial charge is 0.500 e. The molecule has 1 heterocycles. The minimum atomic E-state index is 0.328. The fourth-order valence-electron chi connectivity index (χ4n) is 1.14. The molecule has 1 atom stereocenters. The second kappa shape index (κ2) is 5.20. The molecular weight excluding hydrogens is 200 g/mol. The maximum atomic E-state index is 5.54. The predicted molar refractivity (Wildman–Crippen MR) is 63.6 cm³/mol. The second-order valence-corrected chi connectivity index (χ2v) is 6.64. The first-order valence-corrected chi connectivity index (χ1v) is 6.73. The highest BCUT2D eigenvalue weighted by atomic mass is 32.2. The normalized spacial score (nSPS) is 28.2. The van der Waals surface area contributed by atoms with Crippen molar-refractivity contribution in [2.75, 3.05) is 23.9 Å². The van der Waals surface area contributed by atoms with Gasteiger partial charge in [-0.3, -0.25) is 0 Å². The van der Waals surface area contributed by atoms with Crippen LogP contribution in [0.5, 0.6) is 0 Å². The summed E-state index contributed by atoms with van der Waals surface area (Å²) in [6.45, 7) is 7.26. The molecule has 0 radical (unpaired) electrons. The maximum Gasteiger partial charge on any atom is 0.102 e. The third kappa shape index (κ3) is 4.32. The summed E-state index contributed by atoms with van der Waals surface area (Å²) in [4.78, 5) is 0. The molecule has 0 aromatic carbocycles. The summed E-state index contributed by atoms with van der Waals surface area (Å²) in [5, 5.41) is 0. The summed E-state index contributed by atoms with van der Waals surface area (Å²) >= 11 is 4.08. The molecular formula is C10H18OS2. The lowest BCUT2D eigenvalue weighted by molar-refractivity contribution is 0.224. The van der Waals surface area contributed by atoms with Gasteiger partial charge in [-0.2, -0.15) is 23.5 Å². The molecule has 0 aliphatic carbocycles. The van der Waals surface area contributed by atoms with Crippen molar-refractivity contribution in [2.45, 2.75) is 25.5 Å². The zero-order valence-corrected chi connectivity index (χ0v) is 10.3. The van der Waals surface area contributed by atoms with Crippen molar-refractivity contribution in [1.82, 2.24) is 0 Å². The summed E-state index contributed by atoms with van der Waals surface area (Å²) in [6, 6.07) is 0. The van der Waals surface area contributed by atoms with Crippen molar-refractivity contribution in [2.24, 2.45) is 0 Å². The number of hydrogen-bond donors (Lipinski definition) is 0. The van der Waals surface area contributed by atoms with Crippen LogP contribution in [0.2, 0.25) is 0 Å². The van der Waals surface area contributed by atoms with Gasteiger partial charge in [-0.1, -0.05) is 0 Å². The zero-order valence-electron chi connectivity index (χ0n) is 8.63. The SMILES string of the molecule is CC(C)=COCC1(C)CSCCS1. The smallest absolute Gasteiger partial charge is 0.102 e. The summed E-state index contributed by atoms with van der Waals surface area (Å²) in [6.07, 6.45) is 1.87. The summed E-state index contributed by atoms with van der Waals surface area (Å²) in [5.41, 5.74) is 1.23. The average molecular weight is 218 g/mol. The minimum Gasteiger partial charge on any atom is -0.500 e. The highest BCUT2D eigenvalue weighted by Crippen LogP contribution is 2.34. The van der Waals surface area contributed by atoms with Gasteiger partial charge in [0.2, 0.25) is 0 Å². The molecule has 1 aliphatic heterocycles. The highest BCUT2D eigenvalue weighted by molar-refractivity contribution is 8.07. The van der Waals surface area contributed by atoms with Crippen LogP contribution in [-0.2, 0) is 4.74 Å². The van der Waals surface area contributed by atoms with Crippen molar-refractivity contribution < 1.29 is 4.74 Å². The molecule has 0 bridgehead atoms. The van der Waals surface area contributed by atoms with Gasteiger partial charge < -0.3 is 4.74 Å². The monoisotopic (exact) mass is 218 g/mol. The van der Waals surface area contributed by atoms with Gasteiger partial charge >= 0.3 is 0 Å². The van der Waals surface area contributed by atoms with E-state index in [1.54, 1.807) is 0 Å². The third-order valence-corrected chi connectivity index (χ3v) is 4.94. The first kappa shape index (κ1) is 11.3. The van der Waals surface area contributed by atoms with E-state index in [4.69, 9.17) is 4.74 Å². The minimum absolute atomic E-state index is 0.328. The molecule has 0 aromatic heterocycles. The molecule has 1 nitrogen and oxygen atoms in total. The van der Waals surface area contributed by atoms with E-state index in [0.717, 1.165) is 6.61 Å². The Morgan fingerprint density at radius 2 is 2.23 bits per heavy atom. The Morgan fingerprint density at radius 3 is 2.77 bits per heavy atom. The summed E-state index contributed by atoms with van der Waals surface area (Å²) < 4.78 is 5.87. The van der Waals surface area contributed by atoms with Crippen LogP contribution in [0, 0.1) is 0 Å². The maximum absolute atomic E-state index is 5.54. The van der Waals surface area contributed by atoms with Gasteiger partial charge in [-0.05, 0) is 26.3 Å². The lowest BCUT2D eigenvalue weighted by Crippen LogP contribution is -2.33. The fourth-order valence-corrected chi connectivity index (χ4v) is 3.84. The molecule has 1 saturated heterocycles. The van der Waals surface area contributed by atoms with E-state index in [2.05, 4.69) is 20.8 Å². The Balaban J connectivity index is 2.29. The lowest BCUT2D eigenvalue weighted by Gasteiger charge is -2.31. The first-order valence-electron chi connectivity index (χ1n) is 4.59. The van der Waals surface area contributed by atoms with Gasteiger partial charge in [-0.15, -0.1) is 0 Å². The van der Waals surface area contributed by atoms with Crippen molar-refractivity contribution in [3.8, 4) is 0 Å². The molecule has 0 N–H and O–H groups in total. The Labute approximate surface area is 89.7 Å². The van der Waals surface area contributed by atoms with E-state index in [1.807, 2.05) is 29.8 Å². The number of ether oxygens (including phenoxy) is 1. The zero-order chi connectivity index (χ0) is 9.73. The Kier molecular flexibility index (Phi) is 4.53. The van der Waals surface area contributed by atoms with Crippen molar-refractivity contribution in [3.05, 3.63) is 11.8 Å². The first-order chi connectivity index (χ1) is 6.12. The second-order valence-electron chi connectivity index (χ2n) is 3.86. The lowest BCUT2D eigenvalue weighted by atomic mass is 10.2. The standard InChI is InChI=1S/C10H18OS2/c1-9(2)6-11-7-10(3)8-12-4-5-13-10/h6H,4-5,7-8H2,1-3H3. The van der Waals surface area contributed by atoms with E-state index in [-0.39, 0.29) is 0 Å². The topological polar surface area (TPSA) is 9.23 Å². The van der Waals surface area contributed by atoms with Gasteiger partial charge in [0, 0.05) is 17.3 Å². The molecule has 1 aliphatic rings. The third-order valence-electron chi connectivity index (χ3n) is 1.79. The molecule has 76 valence electrons. The number of hydrogen-bond acceptors (Lipinski definition) is 3. The van der Waals surface area contributed by atoms with Crippen LogP contribution in [0.4, 0.5) is 0 Å².